The maximum atomic E-state index is 13.7. The van der Waals surface area contributed by atoms with Gasteiger partial charge in [-0.3, -0.25) is 0 Å². The van der Waals surface area contributed by atoms with E-state index in [1.165, 1.54) is 16.7 Å². The molecule has 2 amide bonds. The number of nitrogens with one attached hydrogen (secondary N) is 1. The second-order valence-electron chi connectivity index (χ2n) is 8.43. The molecule has 0 bridgehead atoms. The van der Waals surface area contributed by atoms with Gasteiger partial charge in [0.2, 0.25) is 0 Å². The van der Waals surface area contributed by atoms with Crippen molar-refractivity contribution in [2.45, 2.75) is 13.1 Å². The van der Waals surface area contributed by atoms with Crippen LogP contribution in [0.5, 0.6) is 11.5 Å². The quantitative estimate of drug-likeness (QED) is 0.424. The first-order chi connectivity index (χ1) is 18.7. The van der Waals surface area contributed by atoms with E-state index in [-0.39, 0.29) is 50.2 Å². The number of benzene rings is 2. The topological polar surface area (TPSA) is 108 Å². The maximum absolute atomic E-state index is 13.7. The Hall–Kier alpha value is -4.79. The second-order valence-corrected chi connectivity index (χ2v) is 8.43. The summed E-state index contributed by atoms with van der Waals surface area (Å²) in [4.78, 5) is 31.5. The highest BCUT2D eigenvalue weighted by Crippen LogP contribution is 2.34. The van der Waals surface area contributed by atoms with E-state index in [2.05, 4.69) is 10.3 Å². The van der Waals surface area contributed by atoms with Crippen molar-refractivity contribution in [3.05, 3.63) is 77.5 Å². The molecule has 12 heteroatoms. The SMILES string of the molecule is CCOC(=O)c1cc(C#N)c(N2CCN(C(=O)Nc3ccc(Oc4ccccc4)cc3)CC2)nc1C(F)(F)F. The normalized spacial score (nSPS) is 13.4. The summed E-state index contributed by atoms with van der Waals surface area (Å²) in [5, 5.41) is 12.3. The fraction of sp³-hybridized carbons (Fsp3) is 0.259. The number of carbonyl (C=O) groups is 2. The Bertz CT molecular complexity index is 1370. The summed E-state index contributed by atoms with van der Waals surface area (Å²) in [5.74, 6) is -0.131. The van der Waals surface area contributed by atoms with Crippen LogP contribution in [-0.2, 0) is 10.9 Å². The van der Waals surface area contributed by atoms with Gasteiger partial charge in [-0.25, -0.2) is 14.6 Å². The lowest BCUT2D eigenvalue weighted by atomic mass is 10.1. The summed E-state index contributed by atoms with van der Waals surface area (Å²) in [6.45, 7) is 1.95. The van der Waals surface area contributed by atoms with Gasteiger partial charge < -0.3 is 24.6 Å². The van der Waals surface area contributed by atoms with Gasteiger partial charge in [-0.05, 0) is 49.4 Å². The van der Waals surface area contributed by atoms with Crippen molar-refractivity contribution in [3.63, 3.8) is 0 Å². The zero-order valence-corrected chi connectivity index (χ0v) is 20.9. The first-order valence-corrected chi connectivity index (χ1v) is 12.0. The fourth-order valence-corrected chi connectivity index (χ4v) is 3.96. The molecule has 202 valence electrons. The molecule has 0 unspecified atom stereocenters. The number of pyridine rings is 1. The van der Waals surface area contributed by atoms with Gasteiger partial charge in [0.25, 0.3) is 0 Å². The van der Waals surface area contributed by atoms with Gasteiger partial charge in [-0.2, -0.15) is 18.4 Å². The van der Waals surface area contributed by atoms with Crippen molar-refractivity contribution in [1.29, 1.82) is 5.26 Å². The minimum Gasteiger partial charge on any atom is -0.462 e. The lowest BCUT2D eigenvalue weighted by molar-refractivity contribution is -0.141. The number of anilines is 2. The van der Waals surface area contributed by atoms with Crippen LogP contribution in [0.4, 0.5) is 29.5 Å². The third kappa shape index (κ3) is 6.56. The molecule has 4 rings (SSSR count). The molecule has 0 spiro atoms. The predicted molar refractivity (Wildman–Crippen MR) is 136 cm³/mol. The van der Waals surface area contributed by atoms with Crippen LogP contribution in [0.25, 0.3) is 0 Å². The van der Waals surface area contributed by atoms with E-state index in [1.54, 1.807) is 24.3 Å². The lowest BCUT2D eigenvalue weighted by Crippen LogP contribution is -2.50. The van der Waals surface area contributed by atoms with Crippen molar-refractivity contribution < 1.29 is 32.2 Å². The largest absolute Gasteiger partial charge is 0.462 e. The number of esters is 1. The van der Waals surface area contributed by atoms with E-state index in [1.807, 2.05) is 36.4 Å². The highest BCUT2D eigenvalue weighted by Gasteiger charge is 2.40. The Kier molecular flexibility index (Phi) is 8.19. The maximum Gasteiger partial charge on any atom is 0.434 e. The van der Waals surface area contributed by atoms with Crippen LogP contribution in [-0.4, -0.2) is 54.7 Å². The molecule has 1 aromatic heterocycles. The Labute approximate surface area is 222 Å². The number of halogens is 3. The molecule has 1 aliphatic rings. The van der Waals surface area contributed by atoms with Gasteiger partial charge in [-0.15, -0.1) is 0 Å². The van der Waals surface area contributed by atoms with Crippen LogP contribution in [0.1, 0.15) is 28.5 Å². The highest BCUT2D eigenvalue weighted by atomic mass is 19.4. The second kappa shape index (κ2) is 11.7. The van der Waals surface area contributed by atoms with Gasteiger partial charge in [0.1, 0.15) is 23.4 Å². The number of nitriles is 1. The number of nitrogens with zero attached hydrogens (tertiary/aromatic N) is 4. The minimum absolute atomic E-state index is 0.130. The van der Waals surface area contributed by atoms with Crippen LogP contribution in [0.2, 0.25) is 0 Å². The van der Waals surface area contributed by atoms with Gasteiger partial charge in [-0.1, -0.05) is 18.2 Å². The van der Waals surface area contributed by atoms with Crippen LogP contribution < -0.4 is 15.0 Å². The smallest absolute Gasteiger partial charge is 0.434 e. The van der Waals surface area contributed by atoms with Crippen LogP contribution in [0.3, 0.4) is 0 Å². The molecule has 0 atom stereocenters. The zero-order valence-electron chi connectivity index (χ0n) is 20.9. The number of ether oxygens (including phenoxy) is 2. The summed E-state index contributed by atoms with van der Waals surface area (Å²) in [7, 11) is 0. The van der Waals surface area contributed by atoms with E-state index in [9.17, 15) is 28.0 Å². The molecule has 3 aromatic rings. The predicted octanol–water partition coefficient (Wildman–Crippen LogP) is 5.30. The fourth-order valence-electron chi connectivity index (χ4n) is 3.96. The number of rotatable bonds is 6. The average molecular weight is 540 g/mol. The molecular formula is C27H24F3N5O4. The number of para-hydroxylation sites is 1. The van der Waals surface area contributed by atoms with Crippen LogP contribution in [0.15, 0.2) is 60.7 Å². The highest BCUT2D eigenvalue weighted by molar-refractivity contribution is 5.92. The Morgan fingerprint density at radius 3 is 2.26 bits per heavy atom. The van der Waals surface area contributed by atoms with Gasteiger partial charge in [0.05, 0.1) is 17.7 Å². The molecule has 0 radical (unpaired) electrons. The number of carbonyl (C=O) groups excluding carboxylic acids is 2. The zero-order chi connectivity index (χ0) is 28.0. The minimum atomic E-state index is -4.94. The van der Waals surface area contributed by atoms with Crippen molar-refractivity contribution in [2.75, 3.05) is 43.0 Å². The summed E-state index contributed by atoms with van der Waals surface area (Å²) in [5.41, 5.74) is -1.89. The Morgan fingerprint density at radius 2 is 1.67 bits per heavy atom. The number of hydrogen-bond donors (Lipinski definition) is 1. The Balaban J connectivity index is 1.41. The summed E-state index contributed by atoms with van der Waals surface area (Å²) >= 11 is 0. The molecule has 0 aliphatic carbocycles. The third-order valence-corrected chi connectivity index (χ3v) is 5.84. The molecule has 1 aliphatic heterocycles. The van der Waals surface area contributed by atoms with E-state index >= 15 is 0 Å². The first-order valence-electron chi connectivity index (χ1n) is 12.0. The molecule has 39 heavy (non-hydrogen) atoms. The monoisotopic (exact) mass is 539 g/mol. The standard InChI is InChI=1S/C27H24F3N5O4/c1-2-38-25(36)22-16-18(17-31)24(33-23(22)27(28,29)30)34-12-14-35(15-13-34)26(37)32-19-8-10-21(11-9-19)39-20-6-4-3-5-7-20/h3-11,16H,2,12-15H2,1H3,(H,32,37). The van der Waals surface area contributed by atoms with Gasteiger partial charge in [0, 0.05) is 31.9 Å². The summed E-state index contributed by atoms with van der Waals surface area (Å²) in [6, 6.07) is 18.3. The van der Waals surface area contributed by atoms with E-state index in [4.69, 9.17) is 9.47 Å². The van der Waals surface area contributed by atoms with E-state index < -0.39 is 23.4 Å². The van der Waals surface area contributed by atoms with Crippen molar-refractivity contribution >= 4 is 23.5 Å². The lowest BCUT2D eigenvalue weighted by Gasteiger charge is -2.36. The molecule has 2 aromatic carbocycles. The van der Waals surface area contributed by atoms with Gasteiger partial charge >= 0.3 is 18.2 Å². The molecule has 1 N–H and O–H groups in total. The van der Waals surface area contributed by atoms with Crippen LogP contribution in [0, 0.1) is 11.3 Å². The molecule has 2 heterocycles. The van der Waals surface area contributed by atoms with Crippen molar-refractivity contribution in [2.24, 2.45) is 0 Å². The Morgan fingerprint density at radius 1 is 1.03 bits per heavy atom. The first kappa shape index (κ1) is 27.3. The van der Waals surface area contributed by atoms with Gasteiger partial charge in [0.15, 0.2) is 5.69 Å². The van der Waals surface area contributed by atoms with Crippen molar-refractivity contribution in [3.8, 4) is 17.6 Å². The van der Waals surface area contributed by atoms with Crippen molar-refractivity contribution in [1.82, 2.24) is 9.88 Å². The molecular weight excluding hydrogens is 515 g/mol. The number of aromatic nitrogens is 1. The van der Waals surface area contributed by atoms with E-state index in [0.29, 0.717) is 17.2 Å². The molecule has 1 saturated heterocycles. The van der Waals surface area contributed by atoms with Crippen LogP contribution >= 0.6 is 0 Å². The molecule has 0 saturated carbocycles. The average Bonchev–Trinajstić information content (AvgIpc) is 2.93. The summed E-state index contributed by atoms with van der Waals surface area (Å²) < 4.78 is 51.5. The number of hydrogen-bond acceptors (Lipinski definition) is 7. The number of urea groups is 1. The number of piperazine rings is 1. The number of alkyl halides is 3. The molecule has 9 nitrogen and oxygen atoms in total. The summed E-state index contributed by atoms with van der Waals surface area (Å²) in [6.07, 6.45) is -4.94. The van der Waals surface area contributed by atoms with E-state index in [0.717, 1.165) is 6.07 Å². The molecule has 1 fully saturated rings. The number of amides is 2. The third-order valence-electron chi connectivity index (χ3n) is 5.84.